The molecular weight excluding hydrogens is 430 g/mol. The van der Waals surface area contributed by atoms with Crippen LogP contribution in [0.25, 0.3) is 11.3 Å². The van der Waals surface area contributed by atoms with Crippen molar-refractivity contribution in [2.24, 2.45) is 0 Å². The Hall–Kier alpha value is -3.37. The van der Waals surface area contributed by atoms with Crippen LogP contribution in [0.4, 0.5) is 5.82 Å². The van der Waals surface area contributed by atoms with Crippen molar-refractivity contribution in [2.45, 2.75) is 31.6 Å². The minimum Gasteiger partial charge on any atom is -0.383 e. The SMILES string of the molecule is COC[C@H]1CCCN1N1NC1c1nc(-c2cccc(C(=O)NCc3ccccc3)c2)cnc1N. The van der Waals surface area contributed by atoms with E-state index in [1.807, 2.05) is 48.5 Å². The maximum Gasteiger partial charge on any atom is 0.251 e. The number of methoxy groups -OCH3 is 1. The third-order valence-electron chi connectivity index (χ3n) is 6.22. The summed E-state index contributed by atoms with van der Waals surface area (Å²) in [5, 5.41) is 7.31. The normalized spacial score (nSPS) is 22.0. The molecule has 2 unspecified atom stereocenters. The molecule has 9 nitrogen and oxygen atoms in total. The van der Waals surface area contributed by atoms with E-state index in [0.717, 1.165) is 30.5 Å². The first-order valence-electron chi connectivity index (χ1n) is 11.5. The molecule has 2 aliphatic heterocycles. The summed E-state index contributed by atoms with van der Waals surface area (Å²) in [6.07, 6.45) is 3.75. The Morgan fingerprint density at radius 2 is 2.09 bits per heavy atom. The Kier molecular flexibility index (Phi) is 6.50. The van der Waals surface area contributed by atoms with Gasteiger partial charge >= 0.3 is 0 Å². The number of aromatic nitrogens is 2. The molecule has 0 spiro atoms. The summed E-state index contributed by atoms with van der Waals surface area (Å²) >= 11 is 0. The topological polar surface area (TPSA) is 118 Å². The molecule has 3 heterocycles. The van der Waals surface area contributed by atoms with Gasteiger partial charge in [-0.2, -0.15) is 5.12 Å². The number of amides is 1. The van der Waals surface area contributed by atoms with Gasteiger partial charge in [-0.25, -0.2) is 20.4 Å². The second-order valence-electron chi connectivity index (χ2n) is 8.57. The fraction of sp³-hybridized carbons (Fsp3) is 0.320. The van der Waals surface area contributed by atoms with E-state index >= 15 is 0 Å². The molecule has 4 N–H and O–H groups in total. The summed E-state index contributed by atoms with van der Waals surface area (Å²) in [6.45, 7) is 2.12. The molecule has 1 aromatic heterocycles. The number of nitrogens with zero attached hydrogens (tertiary/aromatic N) is 4. The van der Waals surface area contributed by atoms with Gasteiger partial charge in [-0.1, -0.05) is 42.5 Å². The summed E-state index contributed by atoms with van der Waals surface area (Å²) in [6, 6.07) is 17.6. The van der Waals surface area contributed by atoms with Crippen LogP contribution in [0.15, 0.2) is 60.8 Å². The second-order valence-corrected chi connectivity index (χ2v) is 8.57. The highest BCUT2D eigenvalue weighted by Crippen LogP contribution is 2.36. The number of ether oxygens (including phenoxy) is 1. The summed E-state index contributed by atoms with van der Waals surface area (Å²) in [5.74, 6) is 0.255. The molecule has 176 valence electrons. The number of nitrogens with two attached hydrogens (primary N) is 1. The summed E-state index contributed by atoms with van der Waals surface area (Å²) in [7, 11) is 1.73. The van der Waals surface area contributed by atoms with Gasteiger partial charge in [0.05, 0.1) is 18.5 Å². The Labute approximate surface area is 198 Å². The van der Waals surface area contributed by atoms with Crippen molar-refractivity contribution in [3.63, 3.8) is 0 Å². The number of benzene rings is 2. The number of nitrogens with one attached hydrogen (secondary N) is 2. The molecule has 2 aromatic carbocycles. The average Bonchev–Trinajstić information content (AvgIpc) is 3.53. The van der Waals surface area contributed by atoms with Crippen molar-refractivity contribution in [1.29, 1.82) is 0 Å². The van der Waals surface area contributed by atoms with Crippen LogP contribution in [0, 0.1) is 0 Å². The number of anilines is 1. The number of carbonyl (C=O) groups excluding carboxylic acids is 1. The number of hydrogen-bond acceptors (Lipinski definition) is 8. The fourth-order valence-electron chi connectivity index (χ4n) is 4.41. The second kappa shape index (κ2) is 9.86. The lowest BCUT2D eigenvalue weighted by atomic mass is 10.1. The number of nitrogen functional groups attached to an aromatic ring is 1. The smallest absolute Gasteiger partial charge is 0.251 e. The molecule has 3 aromatic rings. The van der Waals surface area contributed by atoms with E-state index in [2.05, 4.69) is 25.9 Å². The number of carbonyl (C=O) groups is 1. The maximum absolute atomic E-state index is 12.7. The van der Waals surface area contributed by atoms with Crippen LogP contribution < -0.4 is 16.5 Å². The molecule has 0 bridgehead atoms. The van der Waals surface area contributed by atoms with Gasteiger partial charge in [0, 0.05) is 37.4 Å². The van der Waals surface area contributed by atoms with Crippen molar-refractivity contribution in [1.82, 2.24) is 30.8 Å². The van der Waals surface area contributed by atoms with E-state index in [1.54, 1.807) is 19.4 Å². The van der Waals surface area contributed by atoms with E-state index in [4.69, 9.17) is 15.5 Å². The zero-order chi connectivity index (χ0) is 23.5. The molecule has 0 saturated carbocycles. The van der Waals surface area contributed by atoms with Crippen LogP contribution in [0.3, 0.4) is 0 Å². The molecule has 0 aliphatic carbocycles. The van der Waals surface area contributed by atoms with E-state index in [1.165, 1.54) is 0 Å². The van der Waals surface area contributed by atoms with Gasteiger partial charge in [0.1, 0.15) is 17.7 Å². The van der Waals surface area contributed by atoms with Gasteiger partial charge in [0.2, 0.25) is 0 Å². The highest BCUT2D eigenvalue weighted by atomic mass is 16.5. The Morgan fingerprint density at radius 1 is 1.24 bits per heavy atom. The molecule has 5 rings (SSSR count). The Bertz CT molecular complexity index is 1160. The molecule has 1 amide bonds. The highest BCUT2D eigenvalue weighted by molar-refractivity contribution is 5.95. The maximum atomic E-state index is 12.7. The molecule has 3 atom stereocenters. The van der Waals surface area contributed by atoms with Crippen LogP contribution in [0.1, 0.15) is 40.6 Å². The first-order valence-corrected chi connectivity index (χ1v) is 11.5. The Morgan fingerprint density at radius 3 is 2.91 bits per heavy atom. The number of hydrazine groups is 2. The van der Waals surface area contributed by atoms with Crippen molar-refractivity contribution in [3.8, 4) is 11.3 Å². The third kappa shape index (κ3) is 4.78. The predicted octanol–water partition coefficient (Wildman–Crippen LogP) is 2.50. The third-order valence-corrected chi connectivity index (χ3v) is 6.22. The minimum atomic E-state index is -0.136. The number of rotatable bonds is 8. The van der Waals surface area contributed by atoms with Gasteiger partial charge in [-0.3, -0.25) is 4.79 Å². The fourth-order valence-corrected chi connectivity index (χ4v) is 4.41. The van der Waals surface area contributed by atoms with Crippen molar-refractivity contribution in [3.05, 3.63) is 77.6 Å². The molecule has 34 heavy (non-hydrogen) atoms. The van der Waals surface area contributed by atoms with Crippen molar-refractivity contribution < 1.29 is 9.53 Å². The van der Waals surface area contributed by atoms with E-state index < -0.39 is 0 Å². The summed E-state index contributed by atoms with van der Waals surface area (Å²) < 4.78 is 5.37. The average molecular weight is 460 g/mol. The van der Waals surface area contributed by atoms with Crippen LogP contribution in [0.5, 0.6) is 0 Å². The van der Waals surface area contributed by atoms with Crippen LogP contribution >= 0.6 is 0 Å². The van der Waals surface area contributed by atoms with Crippen LogP contribution in [-0.2, 0) is 11.3 Å². The summed E-state index contributed by atoms with van der Waals surface area (Å²) in [4.78, 5) is 21.9. The lowest BCUT2D eigenvalue weighted by Crippen LogP contribution is -2.38. The lowest BCUT2D eigenvalue weighted by Gasteiger charge is -2.23. The van der Waals surface area contributed by atoms with E-state index in [9.17, 15) is 4.79 Å². The van der Waals surface area contributed by atoms with Gasteiger partial charge in [0.15, 0.2) is 0 Å². The molecule has 2 fully saturated rings. The van der Waals surface area contributed by atoms with Crippen LogP contribution in [0.2, 0.25) is 0 Å². The van der Waals surface area contributed by atoms with Gasteiger partial charge in [-0.15, -0.1) is 0 Å². The monoisotopic (exact) mass is 459 g/mol. The van der Waals surface area contributed by atoms with Crippen LogP contribution in [-0.4, -0.2) is 52.3 Å². The van der Waals surface area contributed by atoms with Gasteiger partial charge in [0.25, 0.3) is 5.91 Å². The van der Waals surface area contributed by atoms with Gasteiger partial charge in [-0.05, 0) is 30.5 Å². The summed E-state index contributed by atoms with van der Waals surface area (Å²) in [5.41, 5.74) is 13.3. The van der Waals surface area contributed by atoms with Crippen molar-refractivity contribution in [2.75, 3.05) is 26.0 Å². The molecule has 2 aliphatic rings. The quantitative estimate of drug-likeness (QED) is 0.440. The molecule has 0 radical (unpaired) electrons. The van der Waals surface area contributed by atoms with Gasteiger partial charge < -0.3 is 15.8 Å². The molecular formula is C25H29N7O2. The largest absolute Gasteiger partial charge is 0.383 e. The number of hydrogen-bond donors (Lipinski definition) is 3. The first kappa shape index (κ1) is 22.4. The highest BCUT2D eigenvalue weighted by Gasteiger charge is 2.46. The van der Waals surface area contributed by atoms with E-state index in [-0.39, 0.29) is 12.1 Å². The lowest BCUT2D eigenvalue weighted by molar-refractivity contribution is 0.00768. The molecule has 9 heteroatoms. The Balaban J connectivity index is 1.30. The predicted molar refractivity (Wildman–Crippen MR) is 129 cm³/mol. The molecule has 2 saturated heterocycles. The van der Waals surface area contributed by atoms with E-state index in [0.29, 0.717) is 42.0 Å². The zero-order valence-electron chi connectivity index (χ0n) is 19.1. The first-order chi connectivity index (χ1) is 16.6. The van der Waals surface area contributed by atoms with Crippen molar-refractivity contribution >= 4 is 11.7 Å². The zero-order valence-corrected chi connectivity index (χ0v) is 19.1. The standard InChI is InChI=1S/C25H29N7O2/c1-34-16-20-11-6-12-31(20)32-24(30-32)22-23(26)27-15-21(29-22)18-9-5-10-19(13-18)25(33)28-14-17-7-3-2-4-8-17/h2-5,7-10,13,15,20,24,30H,6,11-12,14,16H2,1H3,(H2,26,27)(H,28,33)/t20-,24?,32?/m1/s1. The minimum absolute atomic E-state index is 0.123.